The molecule has 1 aliphatic rings. The van der Waals surface area contributed by atoms with Crippen molar-refractivity contribution in [3.8, 4) is 17.2 Å². The Hall–Kier alpha value is -3.15. The number of phenolic OH excluding ortho intramolecular Hbond substituents is 1. The summed E-state index contributed by atoms with van der Waals surface area (Å²) in [4.78, 5) is 13.1. The Balaban J connectivity index is 1.57. The van der Waals surface area contributed by atoms with E-state index < -0.39 is 48.8 Å². The Labute approximate surface area is 194 Å². The fraction of sp³-hybridized carbons (Fsp3) is 0.375. The van der Waals surface area contributed by atoms with Gasteiger partial charge in [0.1, 0.15) is 52.8 Å². The molecule has 1 aromatic heterocycles. The summed E-state index contributed by atoms with van der Waals surface area (Å²) in [5, 5.41) is 51.2. The van der Waals surface area contributed by atoms with Gasteiger partial charge in [-0.3, -0.25) is 4.79 Å². The Morgan fingerprint density at radius 2 is 1.85 bits per heavy atom. The largest absolute Gasteiger partial charge is 0.507 e. The van der Waals surface area contributed by atoms with E-state index in [0.29, 0.717) is 6.42 Å². The number of aliphatic hydroxyl groups is 4. The van der Waals surface area contributed by atoms with Gasteiger partial charge >= 0.3 is 0 Å². The number of hydrogen-bond acceptors (Lipinski definition) is 10. The van der Waals surface area contributed by atoms with Crippen LogP contribution in [0.5, 0.6) is 17.2 Å². The van der Waals surface area contributed by atoms with Gasteiger partial charge in [-0.15, -0.1) is 0 Å². The van der Waals surface area contributed by atoms with Crippen molar-refractivity contribution in [1.29, 1.82) is 0 Å². The van der Waals surface area contributed by atoms with Gasteiger partial charge in [0.2, 0.25) is 6.29 Å². The standard InChI is InChI=1S/C24H26O10/c1-31-14-9-16(27)20(15(26)4-2-12-3-5-17-13(8-12)6-7-32-17)18(10-14)33-24-23(30)22(29)21(28)19(11-25)34-24/h3,5-10,19,21-25,27-30H,2,4,11H2,1H3. The normalized spacial score (nSPS) is 24.8. The maximum atomic E-state index is 13.1. The third-order valence-electron chi connectivity index (χ3n) is 5.82. The van der Waals surface area contributed by atoms with E-state index in [-0.39, 0.29) is 23.5 Å². The molecular weight excluding hydrogens is 448 g/mol. The number of fused-ring (bicyclic) bond motifs is 1. The predicted molar refractivity (Wildman–Crippen MR) is 118 cm³/mol. The van der Waals surface area contributed by atoms with Crippen molar-refractivity contribution >= 4 is 16.8 Å². The summed E-state index contributed by atoms with van der Waals surface area (Å²) in [6, 6.07) is 9.98. The fourth-order valence-corrected chi connectivity index (χ4v) is 3.91. The summed E-state index contributed by atoms with van der Waals surface area (Å²) >= 11 is 0. The van der Waals surface area contributed by atoms with Crippen molar-refractivity contribution in [2.45, 2.75) is 43.5 Å². The number of Topliss-reactive ketones (excluding diaryl/α,β-unsaturated/α-hetero) is 1. The molecule has 34 heavy (non-hydrogen) atoms. The van der Waals surface area contributed by atoms with Crippen LogP contribution in [0.25, 0.3) is 11.0 Å². The topological polar surface area (TPSA) is 159 Å². The Morgan fingerprint density at radius 1 is 1.06 bits per heavy atom. The van der Waals surface area contributed by atoms with Crippen LogP contribution in [0.4, 0.5) is 0 Å². The number of hydrogen-bond donors (Lipinski definition) is 5. The molecule has 0 saturated carbocycles. The van der Waals surface area contributed by atoms with Crippen molar-refractivity contribution < 1.29 is 49.0 Å². The molecule has 10 heteroatoms. The molecule has 5 atom stereocenters. The average Bonchev–Trinajstić information content (AvgIpc) is 3.30. The first-order valence-electron chi connectivity index (χ1n) is 10.7. The van der Waals surface area contributed by atoms with Crippen LogP contribution in [0.1, 0.15) is 22.3 Å². The Kier molecular flexibility index (Phi) is 7.05. The van der Waals surface area contributed by atoms with E-state index in [4.69, 9.17) is 18.6 Å². The van der Waals surface area contributed by atoms with Gasteiger partial charge < -0.3 is 44.2 Å². The summed E-state index contributed by atoms with van der Waals surface area (Å²) in [5.41, 5.74) is 1.48. The van der Waals surface area contributed by atoms with Crippen LogP contribution in [0.15, 0.2) is 47.1 Å². The first-order chi connectivity index (χ1) is 16.3. The van der Waals surface area contributed by atoms with Crippen molar-refractivity contribution in [2.75, 3.05) is 13.7 Å². The number of carbonyl (C=O) groups is 1. The van der Waals surface area contributed by atoms with Crippen molar-refractivity contribution in [3.63, 3.8) is 0 Å². The van der Waals surface area contributed by atoms with Gasteiger partial charge in [0, 0.05) is 23.9 Å². The number of furan rings is 1. The monoisotopic (exact) mass is 474 g/mol. The molecule has 0 bridgehead atoms. The van der Waals surface area contributed by atoms with Gasteiger partial charge in [-0.2, -0.15) is 0 Å². The molecule has 182 valence electrons. The van der Waals surface area contributed by atoms with E-state index in [0.717, 1.165) is 16.5 Å². The molecule has 0 amide bonds. The van der Waals surface area contributed by atoms with Crippen LogP contribution in [-0.4, -0.2) is 75.7 Å². The van der Waals surface area contributed by atoms with Crippen LogP contribution in [0.2, 0.25) is 0 Å². The lowest BCUT2D eigenvalue weighted by Crippen LogP contribution is -2.60. The van der Waals surface area contributed by atoms with Crippen LogP contribution in [0.3, 0.4) is 0 Å². The summed E-state index contributed by atoms with van der Waals surface area (Å²) in [6.45, 7) is -0.638. The van der Waals surface area contributed by atoms with Crippen LogP contribution < -0.4 is 9.47 Å². The molecule has 0 spiro atoms. The van der Waals surface area contributed by atoms with E-state index in [9.17, 15) is 30.3 Å². The molecule has 2 heterocycles. The van der Waals surface area contributed by atoms with Gasteiger partial charge in [0.05, 0.1) is 20.0 Å². The first-order valence-corrected chi connectivity index (χ1v) is 10.7. The number of aliphatic hydroxyl groups excluding tert-OH is 4. The third kappa shape index (κ3) is 4.72. The minimum Gasteiger partial charge on any atom is -0.507 e. The molecule has 10 nitrogen and oxygen atoms in total. The highest BCUT2D eigenvalue weighted by Gasteiger charge is 2.45. The van der Waals surface area contributed by atoms with Gasteiger partial charge in [-0.25, -0.2) is 0 Å². The summed E-state index contributed by atoms with van der Waals surface area (Å²) in [7, 11) is 1.36. The molecule has 4 rings (SSSR count). The van der Waals surface area contributed by atoms with Crippen LogP contribution >= 0.6 is 0 Å². The highest BCUT2D eigenvalue weighted by Crippen LogP contribution is 2.36. The van der Waals surface area contributed by atoms with Gasteiger partial charge in [0.15, 0.2) is 5.78 Å². The average molecular weight is 474 g/mol. The van der Waals surface area contributed by atoms with Crippen molar-refractivity contribution in [3.05, 3.63) is 53.8 Å². The number of carbonyl (C=O) groups excluding carboxylic acids is 1. The maximum absolute atomic E-state index is 13.1. The zero-order chi connectivity index (χ0) is 24.4. The molecule has 0 radical (unpaired) electrons. The first kappa shape index (κ1) is 24.0. The lowest BCUT2D eigenvalue weighted by Gasteiger charge is -2.39. The van der Waals surface area contributed by atoms with Crippen molar-refractivity contribution in [2.24, 2.45) is 0 Å². The lowest BCUT2D eigenvalue weighted by atomic mass is 9.98. The van der Waals surface area contributed by atoms with Crippen molar-refractivity contribution in [1.82, 2.24) is 0 Å². The molecule has 2 aromatic carbocycles. The predicted octanol–water partition coefficient (Wildman–Crippen LogP) is 1.14. The maximum Gasteiger partial charge on any atom is 0.229 e. The molecule has 1 fully saturated rings. The van der Waals surface area contributed by atoms with E-state index in [2.05, 4.69) is 0 Å². The van der Waals surface area contributed by atoms with E-state index in [1.807, 2.05) is 24.3 Å². The number of aryl methyl sites for hydroxylation is 1. The number of ketones is 1. The number of methoxy groups -OCH3 is 1. The Morgan fingerprint density at radius 3 is 2.59 bits per heavy atom. The Bertz CT molecular complexity index is 1150. The second-order valence-electron chi connectivity index (χ2n) is 8.05. The second kappa shape index (κ2) is 10.00. The van der Waals surface area contributed by atoms with E-state index >= 15 is 0 Å². The number of benzene rings is 2. The summed E-state index contributed by atoms with van der Waals surface area (Å²) in [5.74, 6) is -0.795. The molecule has 0 aliphatic carbocycles. The number of aromatic hydroxyl groups is 1. The lowest BCUT2D eigenvalue weighted by molar-refractivity contribution is -0.277. The molecule has 5 N–H and O–H groups in total. The molecule has 5 unspecified atom stereocenters. The van der Waals surface area contributed by atoms with Gasteiger partial charge in [0.25, 0.3) is 0 Å². The molecule has 1 aliphatic heterocycles. The van der Waals surface area contributed by atoms with Crippen LogP contribution in [0, 0.1) is 0 Å². The minimum atomic E-state index is -1.68. The van der Waals surface area contributed by atoms with Gasteiger partial charge in [-0.05, 0) is 30.2 Å². The quantitative estimate of drug-likeness (QED) is 0.300. The number of phenols is 1. The van der Waals surface area contributed by atoms with Gasteiger partial charge in [-0.1, -0.05) is 6.07 Å². The number of rotatable bonds is 8. The number of ether oxygens (including phenoxy) is 3. The summed E-state index contributed by atoms with van der Waals surface area (Å²) in [6.07, 6.45) is -5.64. The third-order valence-corrected chi connectivity index (χ3v) is 5.82. The zero-order valence-electron chi connectivity index (χ0n) is 18.3. The zero-order valence-corrected chi connectivity index (χ0v) is 18.3. The SMILES string of the molecule is COc1cc(O)c(C(=O)CCc2ccc3occc3c2)c(OC2OC(CO)C(O)C(O)C2O)c1. The second-order valence-corrected chi connectivity index (χ2v) is 8.05. The van der Waals surface area contributed by atoms with E-state index in [1.165, 1.54) is 19.2 Å². The highest BCUT2D eigenvalue weighted by molar-refractivity contribution is 6.01. The molecular formula is C24H26O10. The smallest absolute Gasteiger partial charge is 0.229 e. The van der Waals surface area contributed by atoms with Crippen LogP contribution in [-0.2, 0) is 11.2 Å². The van der Waals surface area contributed by atoms with E-state index in [1.54, 1.807) is 6.26 Å². The molecule has 1 saturated heterocycles. The highest BCUT2D eigenvalue weighted by atomic mass is 16.7. The minimum absolute atomic E-state index is 0.0360. The summed E-state index contributed by atoms with van der Waals surface area (Å²) < 4.78 is 21.5. The molecule has 3 aromatic rings. The fourth-order valence-electron chi connectivity index (χ4n) is 3.91.